The fourth-order valence-corrected chi connectivity index (χ4v) is 2.17. The molecule has 1 aromatic carbocycles. The van der Waals surface area contributed by atoms with Gasteiger partial charge in [-0.1, -0.05) is 18.2 Å². The minimum Gasteiger partial charge on any atom is -0.338 e. The van der Waals surface area contributed by atoms with Crippen LogP contribution in [0.25, 0.3) is 10.9 Å². The highest BCUT2D eigenvalue weighted by Gasteiger charge is 2.04. The van der Waals surface area contributed by atoms with Crippen LogP contribution in [-0.2, 0) is 0 Å². The van der Waals surface area contributed by atoms with Crippen LogP contribution in [0.3, 0.4) is 0 Å². The van der Waals surface area contributed by atoms with Crippen LogP contribution in [0.15, 0.2) is 53.3 Å². The maximum Gasteiger partial charge on any atom is 0.130 e. The second-order valence-corrected chi connectivity index (χ2v) is 5.18. The number of fused-ring (bicyclic) bond motifs is 1. The maximum atomic E-state index is 4.42. The number of hydrogen-bond acceptors (Lipinski definition) is 3. The molecule has 4 heteroatoms. The summed E-state index contributed by atoms with van der Waals surface area (Å²) in [4.78, 5) is 8.77. The van der Waals surface area contributed by atoms with Gasteiger partial charge < -0.3 is 5.32 Å². The van der Waals surface area contributed by atoms with Crippen molar-refractivity contribution >= 4 is 38.3 Å². The Hall–Kier alpha value is -1.94. The van der Waals surface area contributed by atoms with E-state index in [0.717, 1.165) is 32.4 Å². The Balaban J connectivity index is 2.03. The summed E-state index contributed by atoms with van der Waals surface area (Å²) < 4.78 is 1.01. The van der Waals surface area contributed by atoms with Crippen LogP contribution in [0, 0.1) is 6.92 Å². The van der Waals surface area contributed by atoms with Crippen molar-refractivity contribution in [2.45, 2.75) is 6.92 Å². The van der Waals surface area contributed by atoms with Gasteiger partial charge in [-0.05, 0) is 46.6 Å². The quantitative estimate of drug-likeness (QED) is 0.759. The number of hydrogen-bond donors (Lipinski definition) is 1. The van der Waals surface area contributed by atoms with Gasteiger partial charge in [0.05, 0.1) is 11.2 Å². The van der Waals surface area contributed by atoms with E-state index in [-0.39, 0.29) is 0 Å². The summed E-state index contributed by atoms with van der Waals surface area (Å²) in [6.45, 7) is 2.04. The van der Waals surface area contributed by atoms with Gasteiger partial charge in [0.2, 0.25) is 0 Å². The van der Waals surface area contributed by atoms with Gasteiger partial charge in [0.15, 0.2) is 0 Å². The van der Waals surface area contributed by atoms with Gasteiger partial charge in [0.1, 0.15) is 5.82 Å². The number of pyridine rings is 2. The Morgan fingerprint density at radius 3 is 2.79 bits per heavy atom. The molecule has 0 amide bonds. The van der Waals surface area contributed by atoms with Crippen LogP contribution < -0.4 is 5.32 Å². The summed E-state index contributed by atoms with van der Waals surface area (Å²) >= 11 is 3.45. The van der Waals surface area contributed by atoms with Crippen LogP contribution in [0.4, 0.5) is 11.5 Å². The average Bonchev–Trinajstić information content (AvgIpc) is 2.43. The topological polar surface area (TPSA) is 37.8 Å². The van der Waals surface area contributed by atoms with Crippen molar-refractivity contribution in [3.05, 3.63) is 58.8 Å². The molecule has 3 nitrogen and oxygen atoms in total. The number of para-hydroxylation sites is 1. The van der Waals surface area contributed by atoms with Crippen molar-refractivity contribution in [2.75, 3.05) is 5.32 Å². The van der Waals surface area contributed by atoms with Gasteiger partial charge in [-0.3, -0.25) is 4.98 Å². The Morgan fingerprint density at radius 1 is 1.11 bits per heavy atom. The molecule has 0 fully saturated rings. The molecule has 0 spiro atoms. The Kier molecular flexibility index (Phi) is 3.17. The number of nitrogens with one attached hydrogen (secondary N) is 1. The number of benzene rings is 1. The molecular formula is C15H12BrN3. The number of aryl methyl sites for hydroxylation is 1. The molecule has 3 rings (SSSR count). The second-order valence-electron chi connectivity index (χ2n) is 4.32. The third-order valence-corrected chi connectivity index (χ3v) is 3.77. The average molecular weight is 314 g/mol. The van der Waals surface area contributed by atoms with E-state index >= 15 is 0 Å². The molecular weight excluding hydrogens is 302 g/mol. The molecule has 0 aliphatic heterocycles. The predicted molar refractivity (Wildman–Crippen MR) is 81.7 cm³/mol. The van der Waals surface area contributed by atoms with E-state index in [4.69, 9.17) is 0 Å². The summed E-state index contributed by atoms with van der Waals surface area (Å²) in [6.07, 6.45) is 3.60. The molecule has 0 saturated carbocycles. The highest BCUT2D eigenvalue weighted by Crippen LogP contribution is 2.25. The number of halogens is 1. The minimum atomic E-state index is 0.818. The molecule has 2 aromatic heterocycles. The maximum absolute atomic E-state index is 4.42. The van der Waals surface area contributed by atoms with E-state index in [1.165, 1.54) is 0 Å². The summed E-state index contributed by atoms with van der Waals surface area (Å²) in [6, 6.07) is 12.1. The molecule has 0 radical (unpaired) electrons. The Labute approximate surface area is 119 Å². The van der Waals surface area contributed by atoms with Crippen LogP contribution in [-0.4, -0.2) is 9.97 Å². The van der Waals surface area contributed by atoms with Crippen molar-refractivity contribution < 1.29 is 0 Å². The molecule has 0 aliphatic carbocycles. The third-order valence-electron chi connectivity index (χ3n) is 2.94. The van der Waals surface area contributed by atoms with Gasteiger partial charge in [0.25, 0.3) is 0 Å². The lowest BCUT2D eigenvalue weighted by molar-refractivity contribution is 1.25. The molecule has 19 heavy (non-hydrogen) atoms. The summed E-state index contributed by atoms with van der Waals surface area (Å²) in [7, 11) is 0. The van der Waals surface area contributed by atoms with Crippen molar-refractivity contribution in [2.24, 2.45) is 0 Å². The van der Waals surface area contributed by atoms with Crippen molar-refractivity contribution in [1.29, 1.82) is 0 Å². The van der Waals surface area contributed by atoms with E-state index in [1.807, 2.05) is 43.3 Å². The lowest BCUT2D eigenvalue weighted by atomic mass is 10.2. The van der Waals surface area contributed by atoms with Gasteiger partial charge >= 0.3 is 0 Å². The standard InChI is InChI=1S/C15H12BrN3/c1-10-8-14(18-9-12(10)16)19-13-6-2-4-11-5-3-7-17-15(11)13/h2-9H,1H3,(H,18,19). The van der Waals surface area contributed by atoms with E-state index < -0.39 is 0 Å². The third kappa shape index (κ3) is 2.44. The number of anilines is 2. The zero-order valence-corrected chi connectivity index (χ0v) is 12.0. The highest BCUT2D eigenvalue weighted by atomic mass is 79.9. The zero-order chi connectivity index (χ0) is 13.2. The van der Waals surface area contributed by atoms with Gasteiger partial charge in [-0.25, -0.2) is 4.98 Å². The molecule has 0 unspecified atom stereocenters. The predicted octanol–water partition coefficient (Wildman–Crippen LogP) is 4.44. The normalized spacial score (nSPS) is 10.6. The largest absolute Gasteiger partial charge is 0.338 e. The Morgan fingerprint density at radius 2 is 1.95 bits per heavy atom. The summed E-state index contributed by atoms with van der Waals surface area (Å²) in [5, 5.41) is 4.43. The monoisotopic (exact) mass is 313 g/mol. The molecule has 1 N–H and O–H groups in total. The van der Waals surface area contributed by atoms with E-state index in [0.29, 0.717) is 0 Å². The van der Waals surface area contributed by atoms with Crippen molar-refractivity contribution in [3.63, 3.8) is 0 Å². The van der Waals surface area contributed by atoms with Gasteiger partial charge in [-0.2, -0.15) is 0 Å². The minimum absolute atomic E-state index is 0.818. The fourth-order valence-electron chi connectivity index (χ4n) is 1.95. The molecule has 0 bridgehead atoms. The zero-order valence-electron chi connectivity index (χ0n) is 10.4. The van der Waals surface area contributed by atoms with Crippen molar-refractivity contribution in [3.8, 4) is 0 Å². The molecule has 0 aliphatic rings. The molecule has 0 atom stereocenters. The van der Waals surface area contributed by atoms with Gasteiger partial charge in [0, 0.05) is 22.3 Å². The lowest BCUT2D eigenvalue weighted by Crippen LogP contribution is -1.96. The van der Waals surface area contributed by atoms with E-state index in [9.17, 15) is 0 Å². The van der Waals surface area contributed by atoms with Crippen molar-refractivity contribution in [1.82, 2.24) is 9.97 Å². The summed E-state index contributed by atoms with van der Waals surface area (Å²) in [5.41, 5.74) is 3.06. The first-order valence-electron chi connectivity index (χ1n) is 5.97. The van der Waals surface area contributed by atoms with Crippen LogP contribution in [0.1, 0.15) is 5.56 Å². The van der Waals surface area contributed by atoms with E-state index in [1.54, 1.807) is 12.4 Å². The Bertz CT molecular complexity index is 735. The van der Waals surface area contributed by atoms with Gasteiger partial charge in [-0.15, -0.1) is 0 Å². The molecule has 3 aromatic rings. The smallest absolute Gasteiger partial charge is 0.130 e. The second kappa shape index (κ2) is 4.97. The number of nitrogens with zero attached hydrogens (tertiary/aromatic N) is 2. The number of rotatable bonds is 2. The highest BCUT2D eigenvalue weighted by molar-refractivity contribution is 9.10. The molecule has 2 heterocycles. The molecule has 94 valence electrons. The van der Waals surface area contributed by atoms with Crippen LogP contribution in [0.5, 0.6) is 0 Å². The lowest BCUT2D eigenvalue weighted by Gasteiger charge is -2.09. The summed E-state index contributed by atoms with van der Waals surface area (Å²) in [5.74, 6) is 0.818. The van der Waals surface area contributed by atoms with E-state index in [2.05, 4.69) is 31.2 Å². The first kappa shape index (κ1) is 12.1. The first-order chi connectivity index (χ1) is 9.24. The van der Waals surface area contributed by atoms with Crippen LogP contribution >= 0.6 is 15.9 Å². The SMILES string of the molecule is Cc1cc(Nc2cccc3cccnc23)ncc1Br. The number of aromatic nitrogens is 2. The molecule has 0 saturated heterocycles. The first-order valence-corrected chi connectivity index (χ1v) is 6.76. The van der Waals surface area contributed by atoms with Crippen LogP contribution in [0.2, 0.25) is 0 Å². The fraction of sp³-hybridized carbons (Fsp3) is 0.0667.